The van der Waals surface area contributed by atoms with Crippen LogP contribution in [-0.2, 0) is 11.2 Å². The second-order valence-corrected chi connectivity index (χ2v) is 4.73. The Balaban J connectivity index is 2.28. The van der Waals surface area contributed by atoms with Gasteiger partial charge in [0.05, 0.1) is 22.8 Å². The zero-order valence-electron chi connectivity index (χ0n) is 10.3. The van der Waals surface area contributed by atoms with E-state index in [0.717, 1.165) is 5.56 Å². The van der Waals surface area contributed by atoms with Crippen molar-refractivity contribution in [2.45, 2.75) is 6.42 Å². The molecule has 3 rings (SSSR count). The van der Waals surface area contributed by atoms with E-state index in [9.17, 15) is 4.79 Å². The van der Waals surface area contributed by atoms with Gasteiger partial charge in [0.15, 0.2) is 0 Å². The minimum Gasteiger partial charge on any atom is -0.481 e. The van der Waals surface area contributed by atoms with Gasteiger partial charge in [-0.3, -0.25) is 9.78 Å². The normalized spacial score (nSPS) is 10.8. The van der Waals surface area contributed by atoms with Crippen molar-refractivity contribution in [3.05, 3.63) is 53.6 Å². The summed E-state index contributed by atoms with van der Waals surface area (Å²) in [5.74, 6) is -0.915. The lowest BCUT2D eigenvalue weighted by Crippen LogP contribution is -2.04. The van der Waals surface area contributed by atoms with E-state index in [2.05, 4.69) is 9.97 Å². The molecule has 20 heavy (non-hydrogen) atoms. The van der Waals surface area contributed by atoms with Gasteiger partial charge >= 0.3 is 5.97 Å². The van der Waals surface area contributed by atoms with Gasteiger partial charge in [-0.05, 0) is 24.3 Å². The average molecular weight is 288 g/mol. The highest BCUT2D eigenvalue weighted by Crippen LogP contribution is 2.25. The minimum absolute atomic E-state index is 0.126. The van der Waals surface area contributed by atoms with Crippen molar-refractivity contribution in [3.63, 3.8) is 0 Å². The van der Waals surface area contributed by atoms with Crippen LogP contribution in [0.1, 0.15) is 5.69 Å². The first-order chi connectivity index (χ1) is 9.65. The smallest absolute Gasteiger partial charge is 0.309 e. The molecule has 0 radical (unpaired) electrons. The molecule has 6 heteroatoms. The van der Waals surface area contributed by atoms with Crippen LogP contribution in [0.25, 0.3) is 16.9 Å². The molecule has 0 saturated heterocycles. The number of carbonyl (C=O) groups is 1. The van der Waals surface area contributed by atoms with E-state index < -0.39 is 5.97 Å². The topological polar surface area (TPSA) is 67.5 Å². The number of fused-ring (bicyclic) bond motifs is 1. The lowest BCUT2D eigenvalue weighted by Gasteiger charge is -2.02. The van der Waals surface area contributed by atoms with Crippen molar-refractivity contribution in [2.75, 3.05) is 0 Å². The minimum atomic E-state index is -0.915. The number of halogens is 1. The fourth-order valence-electron chi connectivity index (χ4n) is 2.12. The Kier molecular flexibility index (Phi) is 3.12. The molecule has 0 atom stereocenters. The van der Waals surface area contributed by atoms with Gasteiger partial charge in [0, 0.05) is 24.2 Å². The molecule has 0 unspecified atom stereocenters. The van der Waals surface area contributed by atoms with Crippen molar-refractivity contribution in [2.24, 2.45) is 0 Å². The third-order valence-corrected chi connectivity index (χ3v) is 3.18. The predicted octanol–water partition coefficient (Wildman–Crippen LogP) is 2.68. The lowest BCUT2D eigenvalue weighted by molar-refractivity contribution is -0.136. The first kappa shape index (κ1) is 12.6. The molecule has 5 nitrogen and oxygen atoms in total. The molecular formula is C14H10ClN3O2. The van der Waals surface area contributed by atoms with Gasteiger partial charge in [0.1, 0.15) is 5.65 Å². The van der Waals surface area contributed by atoms with Crippen molar-refractivity contribution in [1.82, 2.24) is 14.4 Å². The number of rotatable bonds is 3. The Morgan fingerprint density at radius 2 is 2.00 bits per heavy atom. The van der Waals surface area contributed by atoms with Crippen LogP contribution in [0.2, 0.25) is 5.02 Å². The number of hydrogen-bond acceptors (Lipinski definition) is 3. The third kappa shape index (κ3) is 2.23. The number of carboxylic acid groups (broad SMARTS) is 1. The summed E-state index contributed by atoms with van der Waals surface area (Å²) in [7, 11) is 0. The van der Waals surface area contributed by atoms with E-state index in [-0.39, 0.29) is 6.42 Å². The molecule has 1 N–H and O–H groups in total. The second-order valence-electron chi connectivity index (χ2n) is 4.29. The lowest BCUT2D eigenvalue weighted by atomic mass is 10.1. The van der Waals surface area contributed by atoms with Crippen LogP contribution >= 0.6 is 11.6 Å². The molecular weight excluding hydrogens is 278 g/mol. The maximum Gasteiger partial charge on any atom is 0.309 e. The standard InChI is InChI=1S/C14H10ClN3O2/c15-10-1-2-12-17-14(9-3-5-16-6-4-9)11(7-13(19)20)18(12)8-10/h1-6,8H,7H2,(H,19,20). The molecule has 100 valence electrons. The molecule has 3 aromatic rings. The number of aliphatic carboxylic acids is 1. The zero-order valence-corrected chi connectivity index (χ0v) is 11.1. The highest BCUT2D eigenvalue weighted by atomic mass is 35.5. The number of aromatic nitrogens is 3. The van der Waals surface area contributed by atoms with Crippen LogP contribution in [0.5, 0.6) is 0 Å². The number of pyridine rings is 2. The van der Waals surface area contributed by atoms with Gasteiger partial charge in [-0.1, -0.05) is 11.6 Å². The maximum absolute atomic E-state index is 11.1. The average Bonchev–Trinajstić information content (AvgIpc) is 2.77. The van der Waals surface area contributed by atoms with Crippen LogP contribution in [0.15, 0.2) is 42.9 Å². The Hall–Kier alpha value is -2.40. The first-order valence-corrected chi connectivity index (χ1v) is 6.31. The highest BCUT2D eigenvalue weighted by Gasteiger charge is 2.16. The number of hydrogen-bond donors (Lipinski definition) is 1. The molecule has 3 aromatic heterocycles. The second kappa shape index (κ2) is 4.94. The third-order valence-electron chi connectivity index (χ3n) is 2.95. The number of carboxylic acids is 1. The molecule has 0 amide bonds. The Labute approximate surface area is 119 Å². The van der Waals surface area contributed by atoms with Crippen LogP contribution in [0.4, 0.5) is 0 Å². The molecule has 0 aromatic carbocycles. The van der Waals surface area contributed by atoms with E-state index >= 15 is 0 Å². The van der Waals surface area contributed by atoms with Crippen molar-refractivity contribution < 1.29 is 9.90 Å². The van der Waals surface area contributed by atoms with E-state index in [1.165, 1.54) is 0 Å². The fourth-order valence-corrected chi connectivity index (χ4v) is 2.28. The van der Waals surface area contributed by atoms with E-state index in [1.54, 1.807) is 47.3 Å². The van der Waals surface area contributed by atoms with Gasteiger partial charge < -0.3 is 9.51 Å². The Morgan fingerprint density at radius 1 is 1.25 bits per heavy atom. The van der Waals surface area contributed by atoms with Crippen molar-refractivity contribution in [3.8, 4) is 11.3 Å². The molecule has 0 aliphatic heterocycles. The van der Waals surface area contributed by atoms with E-state index in [0.29, 0.717) is 22.1 Å². The number of nitrogens with zero attached hydrogens (tertiary/aromatic N) is 3. The van der Waals surface area contributed by atoms with Crippen molar-refractivity contribution in [1.29, 1.82) is 0 Å². The monoisotopic (exact) mass is 287 g/mol. The maximum atomic E-state index is 11.1. The predicted molar refractivity (Wildman–Crippen MR) is 74.8 cm³/mol. The summed E-state index contributed by atoms with van der Waals surface area (Å²) >= 11 is 5.98. The molecule has 0 fully saturated rings. The summed E-state index contributed by atoms with van der Waals surface area (Å²) in [6.07, 6.45) is 4.85. The molecule has 0 bridgehead atoms. The van der Waals surface area contributed by atoms with Crippen LogP contribution in [0, 0.1) is 0 Å². The summed E-state index contributed by atoms with van der Waals surface area (Å²) in [6, 6.07) is 7.09. The summed E-state index contributed by atoms with van der Waals surface area (Å²) < 4.78 is 1.71. The highest BCUT2D eigenvalue weighted by molar-refractivity contribution is 6.30. The Bertz CT molecular complexity index is 784. The summed E-state index contributed by atoms with van der Waals surface area (Å²) in [5.41, 5.74) is 2.73. The quantitative estimate of drug-likeness (QED) is 0.804. The largest absolute Gasteiger partial charge is 0.481 e. The van der Waals surface area contributed by atoms with Crippen LogP contribution < -0.4 is 0 Å². The van der Waals surface area contributed by atoms with E-state index in [4.69, 9.17) is 16.7 Å². The molecule has 0 spiro atoms. The summed E-state index contributed by atoms with van der Waals surface area (Å²) in [5, 5.41) is 9.63. The molecule has 3 heterocycles. The van der Waals surface area contributed by atoms with Crippen LogP contribution in [-0.4, -0.2) is 25.4 Å². The summed E-state index contributed by atoms with van der Waals surface area (Å²) in [6.45, 7) is 0. The van der Waals surface area contributed by atoms with Gasteiger partial charge in [-0.15, -0.1) is 0 Å². The van der Waals surface area contributed by atoms with Crippen molar-refractivity contribution >= 4 is 23.2 Å². The van der Waals surface area contributed by atoms with Gasteiger partial charge in [-0.25, -0.2) is 4.98 Å². The van der Waals surface area contributed by atoms with Gasteiger partial charge in [-0.2, -0.15) is 0 Å². The SMILES string of the molecule is O=C(O)Cc1c(-c2ccncc2)nc2ccc(Cl)cn12. The molecule has 0 aliphatic rings. The Morgan fingerprint density at radius 3 is 2.70 bits per heavy atom. The van der Waals surface area contributed by atoms with E-state index in [1.807, 2.05) is 0 Å². The van der Waals surface area contributed by atoms with Gasteiger partial charge in [0.25, 0.3) is 0 Å². The molecule has 0 aliphatic carbocycles. The summed E-state index contributed by atoms with van der Waals surface area (Å²) in [4.78, 5) is 19.5. The first-order valence-electron chi connectivity index (χ1n) is 5.94. The van der Waals surface area contributed by atoms with Gasteiger partial charge in [0.2, 0.25) is 0 Å². The fraction of sp³-hybridized carbons (Fsp3) is 0.0714. The van der Waals surface area contributed by atoms with Crippen LogP contribution in [0.3, 0.4) is 0 Å². The zero-order chi connectivity index (χ0) is 14.1. The number of imidazole rings is 1. The molecule has 0 saturated carbocycles.